The van der Waals surface area contributed by atoms with E-state index in [-0.39, 0.29) is 11.5 Å². The fourth-order valence-corrected chi connectivity index (χ4v) is 3.76. The number of ether oxygens (including phenoxy) is 1. The van der Waals surface area contributed by atoms with Crippen molar-refractivity contribution in [2.45, 2.75) is 42.3 Å². The van der Waals surface area contributed by atoms with Gasteiger partial charge in [0.05, 0.1) is 24.2 Å². The molecule has 0 aliphatic carbocycles. The zero-order chi connectivity index (χ0) is 22.8. The number of alkyl halides is 3. The van der Waals surface area contributed by atoms with Crippen LogP contribution in [0.5, 0.6) is 0 Å². The maximum absolute atomic E-state index is 12.8. The third-order valence-electron chi connectivity index (χ3n) is 4.59. The number of aryl methyl sites for hydroxylation is 1. The molecule has 1 aromatic carbocycles. The van der Waals surface area contributed by atoms with Crippen molar-refractivity contribution in [3.8, 4) is 0 Å². The van der Waals surface area contributed by atoms with Gasteiger partial charge in [-0.15, -0.1) is 0 Å². The zero-order valence-electron chi connectivity index (χ0n) is 16.2. The number of nitrogens with one attached hydrogen (secondary N) is 1. The molecule has 1 aliphatic rings. The minimum absolute atomic E-state index is 0.0785. The predicted molar refractivity (Wildman–Crippen MR) is 101 cm³/mol. The summed E-state index contributed by atoms with van der Waals surface area (Å²) in [6.45, 7) is 0.956. The van der Waals surface area contributed by atoms with Gasteiger partial charge in [-0.05, 0) is 25.1 Å². The fourth-order valence-electron chi connectivity index (χ4n) is 2.84. The lowest BCUT2D eigenvalue weighted by Crippen LogP contribution is -2.57. The molecule has 1 aliphatic heterocycles. The SMILES string of the molecule is Cc1ccc(S(=O)(=O)OC[C@H]2OC[C@H](Nc3nccc(C(F)(F)F)n3)[C@@H](O)[C@H]2O)cc1. The quantitative estimate of drug-likeness (QED) is 0.539. The van der Waals surface area contributed by atoms with Crippen LogP contribution < -0.4 is 5.32 Å². The molecule has 13 heteroatoms. The molecule has 0 bridgehead atoms. The van der Waals surface area contributed by atoms with Crippen molar-refractivity contribution >= 4 is 16.1 Å². The Morgan fingerprint density at radius 1 is 1.19 bits per heavy atom. The summed E-state index contributed by atoms with van der Waals surface area (Å²) in [5.74, 6) is -0.411. The van der Waals surface area contributed by atoms with Gasteiger partial charge in [-0.3, -0.25) is 4.18 Å². The van der Waals surface area contributed by atoms with E-state index in [2.05, 4.69) is 15.3 Å². The van der Waals surface area contributed by atoms with E-state index in [1.807, 2.05) is 0 Å². The molecule has 2 heterocycles. The van der Waals surface area contributed by atoms with Gasteiger partial charge in [-0.25, -0.2) is 9.97 Å². The van der Waals surface area contributed by atoms with Gasteiger partial charge in [-0.2, -0.15) is 21.6 Å². The molecule has 1 aromatic heterocycles. The Morgan fingerprint density at radius 2 is 1.87 bits per heavy atom. The van der Waals surface area contributed by atoms with Crippen molar-refractivity contribution in [1.29, 1.82) is 0 Å². The standard InChI is InChI=1S/C18H20F3N3O6S/c1-10-2-4-11(5-3-10)31(27,28)30-9-13-16(26)15(25)12(8-29-13)23-17-22-7-6-14(24-17)18(19,20)21/h2-7,12-13,15-16,25-26H,8-9H2,1H3,(H,22,23,24)/t12-,13+,15+,16-/m0/s1. The first-order valence-corrected chi connectivity index (χ1v) is 10.5. The highest BCUT2D eigenvalue weighted by molar-refractivity contribution is 7.86. The van der Waals surface area contributed by atoms with E-state index >= 15 is 0 Å². The molecule has 0 unspecified atom stereocenters. The van der Waals surface area contributed by atoms with E-state index in [4.69, 9.17) is 8.92 Å². The van der Waals surface area contributed by atoms with Crippen molar-refractivity contribution in [3.05, 3.63) is 47.8 Å². The van der Waals surface area contributed by atoms with Crippen molar-refractivity contribution in [2.75, 3.05) is 18.5 Å². The molecule has 4 atom stereocenters. The Kier molecular flexibility index (Phi) is 6.81. The molecule has 31 heavy (non-hydrogen) atoms. The molecule has 0 radical (unpaired) electrons. The number of aliphatic hydroxyl groups is 2. The van der Waals surface area contributed by atoms with Gasteiger partial charge in [0.15, 0.2) is 0 Å². The highest BCUT2D eigenvalue weighted by Gasteiger charge is 2.40. The molecule has 2 aromatic rings. The number of aromatic nitrogens is 2. The van der Waals surface area contributed by atoms with E-state index in [1.54, 1.807) is 19.1 Å². The number of nitrogens with zero attached hydrogens (tertiary/aromatic N) is 2. The summed E-state index contributed by atoms with van der Waals surface area (Å²) in [6.07, 6.45) is -8.05. The highest BCUT2D eigenvalue weighted by Crippen LogP contribution is 2.28. The van der Waals surface area contributed by atoms with Crippen LogP contribution in [0.2, 0.25) is 0 Å². The van der Waals surface area contributed by atoms with Gasteiger partial charge in [0.2, 0.25) is 5.95 Å². The number of anilines is 1. The second-order valence-electron chi connectivity index (χ2n) is 6.92. The Hall–Kier alpha value is -2.32. The number of benzene rings is 1. The van der Waals surface area contributed by atoms with Crippen molar-refractivity contribution in [3.63, 3.8) is 0 Å². The van der Waals surface area contributed by atoms with E-state index in [9.17, 15) is 31.8 Å². The minimum atomic E-state index is -4.67. The molecule has 0 saturated carbocycles. The first kappa shape index (κ1) is 23.3. The molecule has 9 nitrogen and oxygen atoms in total. The number of rotatable bonds is 6. The molecule has 3 N–H and O–H groups in total. The van der Waals surface area contributed by atoms with Crippen LogP contribution in [0, 0.1) is 6.92 Å². The van der Waals surface area contributed by atoms with Crippen LogP contribution in [0.15, 0.2) is 41.4 Å². The molecule has 0 spiro atoms. The van der Waals surface area contributed by atoms with Crippen molar-refractivity contribution in [2.24, 2.45) is 0 Å². The third kappa shape index (κ3) is 5.68. The Balaban J connectivity index is 1.60. The summed E-state index contributed by atoms with van der Waals surface area (Å²) in [6, 6.07) is 5.58. The van der Waals surface area contributed by atoms with E-state index in [1.165, 1.54) is 12.1 Å². The van der Waals surface area contributed by atoms with Gasteiger partial charge in [0, 0.05) is 6.20 Å². The van der Waals surface area contributed by atoms with Crippen LogP contribution in [-0.2, 0) is 25.2 Å². The first-order chi connectivity index (χ1) is 14.5. The number of aliphatic hydroxyl groups excluding tert-OH is 2. The van der Waals surface area contributed by atoms with E-state index in [0.717, 1.165) is 11.8 Å². The molecule has 1 saturated heterocycles. The third-order valence-corrected chi connectivity index (χ3v) is 5.89. The molecular weight excluding hydrogens is 443 g/mol. The maximum Gasteiger partial charge on any atom is 0.433 e. The Morgan fingerprint density at radius 3 is 2.52 bits per heavy atom. The van der Waals surface area contributed by atoms with Gasteiger partial charge in [-0.1, -0.05) is 17.7 Å². The zero-order valence-corrected chi connectivity index (χ0v) is 17.0. The molecule has 170 valence electrons. The Labute approximate surface area is 176 Å². The van der Waals surface area contributed by atoms with Gasteiger partial charge in [0.25, 0.3) is 10.1 Å². The van der Waals surface area contributed by atoms with Crippen LogP contribution in [0.3, 0.4) is 0 Å². The van der Waals surface area contributed by atoms with Crippen molar-refractivity contribution < 1.29 is 40.7 Å². The summed E-state index contributed by atoms with van der Waals surface area (Å²) in [4.78, 5) is 6.91. The lowest BCUT2D eigenvalue weighted by molar-refractivity contribution is -0.149. The van der Waals surface area contributed by atoms with E-state index < -0.39 is 58.9 Å². The summed E-state index contributed by atoms with van der Waals surface area (Å²) in [7, 11) is -4.11. The number of hydrogen-bond donors (Lipinski definition) is 3. The van der Waals surface area contributed by atoms with Crippen molar-refractivity contribution in [1.82, 2.24) is 9.97 Å². The van der Waals surface area contributed by atoms with Crippen LogP contribution in [0.4, 0.5) is 19.1 Å². The summed E-state index contributed by atoms with van der Waals surface area (Å²) in [5.41, 5.74) is -0.319. The topological polar surface area (TPSA) is 131 Å². The molecular formula is C18H20F3N3O6S. The summed E-state index contributed by atoms with van der Waals surface area (Å²) >= 11 is 0. The van der Waals surface area contributed by atoms with Crippen LogP contribution >= 0.6 is 0 Å². The smallest absolute Gasteiger partial charge is 0.388 e. The highest BCUT2D eigenvalue weighted by atomic mass is 32.2. The predicted octanol–water partition coefficient (Wildman–Crippen LogP) is 1.11. The maximum atomic E-state index is 12.8. The van der Waals surface area contributed by atoms with Gasteiger partial charge in [0.1, 0.15) is 24.0 Å². The summed E-state index contributed by atoms with van der Waals surface area (Å²) < 4.78 is 73.1. The van der Waals surface area contributed by atoms with Crippen LogP contribution in [-0.4, -0.2) is 66.2 Å². The van der Waals surface area contributed by atoms with E-state index in [0.29, 0.717) is 6.07 Å². The molecule has 0 amide bonds. The first-order valence-electron chi connectivity index (χ1n) is 9.08. The second-order valence-corrected chi connectivity index (χ2v) is 8.53. The van der Waals surface area contributed by atoms with Gasteiger partial charge < -0.3 is 20.3 Å². The second kappa shape index (κ2) is 9.04. The minimum Gasteiger partial charge on any atom is -0.388 e. The normalized spacial score (nSPS) is 24.7. The largest absolute Gasteiger partial charge is 0.433 e. The average Bonchev–Trinajstić information content (AvgIpc) is 2.71. The number of hydrogen-bond acceptors (Lipinski definition) is 9. The fraction of sp³-hybridized carbons (Fsp3) is 0.444. The molecule has 3 rings (SSSR count). The van der Waals surface area contributed by atoms with Crippen LogP contribution in [0.1, 0.15) is 11.3 Å². The van der Waals surface area contributed by atoms with Crippen LogP contribution in [0.25, 0.3) is 0 Å². The lowest BCUT2D eigenvalue weighted by Gasteiger charge is -2.37. The monoisotopic (exact) mass is 463 g/mol. The summed E-state index contributed by atoms with van der Waals surface area (Å²) in [5, 5.41) is 23.0. The lowest BCUT2D eigenvalue weighted by atomic mass is 9.98. The average molecular weight is 463 g/mol. The van der Waals surface area contributed by atoms with Gasteiger partial charge >= 0.3 is 6.18 Å². The Bertz CT molecular complexity index is 1000. The molecule has 1 fully saturated rings. The number of halogens is 3.